The van der Waals surface area contributed by atoms with Crippen LogP contribution < -0.4 is 15.4 Å². The lowest BCUT2D eigenvalue weighted by Crippen LogP contribution is -2.21. The van der Waals surface area contributed by atoms with Crippen LogP contribution in [0.25, 0.3) is 0 Å². The van der Waals surface area contributed by atoms with Crippen LogP contribution in [0.2, 0.25) is 0 Å². The SMILES string of the molecule is COc1ccccc1Nc1nc(C)cc(NC2CCS(=O)(=O)C2)n1. The number of aromatic nitrogens is 2. The van der Waals surface area contributed by atoms with E-state index in [9.17, 15) is 8.42 Å². The predicted molar refractivity (Wildman–Crippen MR) is 93.7 cm³/mol. The van der Waals surface area contributed by atoms with Crippen LogP contribution in [0.1, 0.15) is 12.1 Å². The quantitative estimate of drug-likeness (QED) is 0.855. The Morgan fingerprint density at radius 1 is 1.25 bits per heavy atom. The summed E-state index contributed by atoms with van der Waals surface area (Å²) in [6, 6.07) is 9.20. The van der Waals surface area contributed by atoms with Crippen molar-refractivity contribution in [2.75, 3.05) is 29.2 Å². The summed E-state index contributed by atoms with van der Waals surface area (Å²) in [4.78, 5) is 8.80. The summed E-state index contributed by atoms with van der Waals surface area (Å²) in [7, 11) is -1.33. The van der Waals surface area contributed by atoms with Gasteiger partial charge in [-0.25, -0.2) is 13.4 Å². The monoisotopic (exact) mass is 348 g/mol. The minimum absolute atomic E-state index is 0.108. The molecule has 0 aliphatic carbocycles. The zero-order valence-electron chi connectivity index (χ0n) is 13.6. The van der Waals surface area contributed by atoms with Gasteiger partial charge in [0, 0.05) is 17.8 Å². The first kappa shape index (κ1) is 16.5. The molecule has 1 aromatic carbocycles. The highest BCUT2D eigenvalue weighted by molar-refractivity contribution is 7.91. The maximum absolute atomic E-state index is 11.6. The Labute approximate surface area is 141 Å². The lowest BCUT2D eigenvalue weighted by atomic mass is 10.2. The van der Waals surface area contributed by atoms with Gasteiger partial charge in [-0.1, -0.05) is 12.1 Å². The highest BCUT2D eigenvalue weighted by Crippen LogP contribution is 2.26. The van der Waals surface area contributed by atoms with Crippen molar-refractivity contribution in [2.45, 2.75) is 19.4 Å². The Kier molecular flexibility index (Phi) is 4.57. The van der Waals surface area contributed by atoms with E-state index in [1.54, 1.807) is 13.2 Å². The van der Waals surface area contributed by atoms with Crippen molar-refractivity contribution in [2.24, 2.45) is 0 Å². The summed E-state index contributed by atoms with van der Waals surface area (Å²) in [6.07, 6.45) is 0.598. The van der Waals surface area contributed by atoms with Crippen LogP contribution in [0.15, 0.2) is 30.3 Å². The molecular weight excluding hydrogens is 328 g/mol. The van der Waals surface area contributed by atoms with Crippen molar-refractivity contribution >= 4 is 27.3 Å². The predicted octanol–water partition coefficient (Wildman–Crippen LogP) is 2.14. The van der Waals surface area contributed by atoms with E-state index in [0.717, 1.165) is 11.4 Å². The second-order valence-corrected chi connectivity index (χ2v) is 8.02. The Morgan fingerprint density at radius 3 is 2.75 bits per heavy atom. The number of benzene rings is 1. The maximum Gasteiger partial charge on any atom is 0.229 e. The molecule has 1 aromatic heterocycles. The third-order valence-corrected chi connectivity index (χ3v) is 5.56. The molecule has 2 N–H and O–H groups in total. The largest absolute Gasteiger partial charge is 0.495 e. The zero-order chi connectivity index (χ0) is 17.2. The lowest BCUT2D eigenvalue weighted by molar-refractivity contribution is 0.417. The van der Waals surface area contributed by atoms with Crippen LogP contribution in [-0.4, -0.2) is 43.0 Å². The van der Waals surface area contributed by atoms with Crippen molar-refractivity contribution in [1.29, 1.82) is 0 Å². The summed E-state index contributed by atoms with van der Waals surface area (Å²) in [6.45, 7) is 1.87. The van der Waals surface area contributed by atoms with E-state index in [-0.39, 0.29) is 17.5 Å². The van der Waals surface area contributed by atoms with Crippen molar-refractivity contribution in [1.82, 2.24) is 9.97 Å². The third kappa shape index (κ3) is 3.94. The number of hydrogen-bond donors (Lipinski definition) is 2. The van der Waals surface area contributed by atoms with Crippen molar-refractivity contribution in [3.8, 4) is 5.75 Å². The maximum atomic E-state index is 11.6. The molecule has 7 nitrogen and oxygen atoms in total. The molecule has 0 saturated carbocycles. The van der Waals surface area contributed by atoms with Crippen molar-refractivity contribution < 1.29 is 13.2 Å². The number of nitrogens with zero attached hydrogens (tertiary/aromatic N) is 2. The first-order valence-corrected chi connectivity index (χ1v) is 9.50. The average molecular weight is 348 g/mol. The smallest absolute Gasteiger partial charge is 0.229 e. The molecule has 2 aromatic rings. The third-order valence-electron chi connectivity index (χ3n) is 3.79. The van der Waals surface area contributed by atoms with E-state index in [0.29, 0.717) is 23.9 Å². The van der Waals surface area contributed by atoms with E-state index in [2.05, 4.69) is 20.6 Å². The fourth-order valence-corrected chi connectivity index (χ4v) is 4.36. The normalized spacial score (nSPS) is 19.0. The van der Waals surface area contributed by atoms with Gasteiger partial charge in [0.05, 0.1) is 24.3 Å². The van der Waals surface area contributed by atoms with Gasteiger partial charge in [-0.2, -0.15) is 4.98 Å². The van der Waals surface area contributed by atoms with E-state index >= 15 is 0 Å². The van der Waals surface area contributed by atoms with Gasteiger partial charge < -0.3 is 15.4 Å². The zero-order valence-corrected chi connectivity index (χ0v) is 14.4. The van der Waals surface area contributed by atoms with Crippen molar-refractivity contribution in [3.05, 3.63) is 36.0 Å². The molecule has 0 bridgehead atoms. The van der Waals surface area contributed by atoms with Crippen LogP contribution in [0.5, 0.6) is 5.75 Å². The number of para-hydroxylation sites is 2. The topological polar surface area (TPSA) is 93.2 Å². The second kappa shape index (κ2) is 6.64. The van der Waals surface area contributed by atoms with Gasteiger partial charge in [0.1, 0.15) is 11.6 Å². The highest BCUT2D eigenvalue weighted by Gasteiger charge is 2.28. The number of methoxy groups -OCH3 is 1. The van der Waals surface area contributed by atoms with E-state index in [4.69, 9.17) is 4.74 Å². The van der Waals surface area contributed by atoms with Gasteiger partial charge >= 0.3 is 0 Å². The van der Waals surface area contributed by atoms with Crippen molar-refractivity contribution in [3.63, 3.8) is 0 Å². The Balaban J connectivity index is 1.79. The van der Waals surface area contributed by atoms with Gasteiger partial charge in [0.2, 0.25) is 5.95 Å². The minimum atomic E-state index is -2.93. The summed E-state index contributed by atoms with van der Waals surface area (Å²) in [5, 5.41) is 6.33. The van der Waals surface area contributed by atoms with Crippen LogP contribution in [0.4, 0.5) is 17.5 Å². The number of nitrogens with one attached hydrogen (secondary N) is 2. The molecule has 1 unspecified atom stereocenters. The molecule has 1 aliphatic rings. The Morgan fingerprint density at radius 2 is 2.04 bits per heavy atom. The van der Waals surface area contributed by atoms with E-state index < -0.39 is 9.84 Å². The van der Waals surface area contributed by atoms with Crippen LogP contribution in [0.3, 0.4) is 0 Å². The number of sulfone groups is 1. The summed E-state index contributed by atoms with van der Waals surface area (Å²) >= 11 is 0. The Hall–Kier alpha value is -2.35. The summed E-state index contributed by atoms with van der Waals surface area (Å²) in [5.41, 5.74) is 1.55. The van der Waals surface area contributed by atoms with Crippen LogP contribution >= 0.6 is 0 Å². The number of ether oxygens (including phenoxy) is 1. The van der Waals surface area contributed by atoms with Gasteiger partial charge in [-0.05, 0) is 25.5 Å². The van der Waals surface area contributed by atoms with Gasteiger partial charge in [0.25, 0.3) is 0 Å². The first-order valence-electron chi connectivity index (χ1n) is 7.68. The summed E-state index contributed by atoms with van der Waals surface area (Å²) < 4.78 is 28.5. The molecule has 2 heterocycles. The molecule has 1 aliphatic heterocycles. The fraction of sp³-hybridized carbons (Fsp3) is 0.375. The molecule has 0 radical (unpaired) electrons. The van der Waals surface area contributed by atoms with Gasteiger partial charge in [0.15, 0.2) is 9.84 Å². The summed E-state index contributed by atoms with van der Waals surface area (Å²) in [5.74, 6) is 2.11. The molecule has 24 heavy (non-hydrogen) atoms. The van der Waals surface area contributed by atoms with Gasteiger partial charge in [-0.15, -0.1) is 0 Å². The minimum Gasteiger partial charge on any atom is -0.495 e. The molecule has 1 atom stereocenters. The molecule has 8 heteroatoms. The molecule has 128 valence electrons. The number of rotatable bonds is 5. The molecule has 0 amide bonds. The van der Waals surface area contributed by atoms with E-state index in [1.807, 2.05) is 31.2 Å². The first-order chi connectivity index (χ1) is 11.4. The van der Waals surface area contributed by atoms with Crippen LogP contribution in [-0.2, 0) is 9.84 Å². The van der Waals surface area contributed by atoms with Crippen LogP contribution in [0, 0.1) is 6.92 Å². The molecule has 0 spiro atoms. The Bertz CT molecular complexity index is 839. The number of hydrogen-bond acceptors (Lipinski definition) is 7. The number of aryl methyl sites for hydroxylation is 1. The number of anilines is 3. The van der Waals surface area contributed by atoms with Gasteiger partial charge in [-0.3, -0.25) is 0 Å². The standard InChI is InChI=1S/C16H20N4O3S/c1-11-9-15(18-12-7-8-24(21,22)10-12)20-16(17-11)19-13-5-3-4-6-14(13)23-2/h3-6,9,12H,7-8,10H2,1-2H3,(H2,17,18,19,20). The lowest BCUT2D eigenvalue weighted by Gasteiger charge is -2.14. The average Bonchev–Trinajstić information content (AvgIpc) is 2.86. The molecule has 1 saturated heterocycles. The molecular formula is C16H20N4O3S. The molecule has 1 fully saturated rings. The fourth-order valence-electron chi connectivity index (χ4n) is 2.68. The van der Waals surface area contributed by atoms with E-state index in [1.165, 1.54) is 0 Å². The highest BCUT2D eigenvalue weighted by atomic mass is 32.2. The molecule has 3 rings (SSSR count). The second-order valence-electron chi connectivity index (χ2n) is 5.79.